The van der Waals surface area contributed by atoms with E-state index >= 15 is 0 Å². The summed E-state index contributed by atoms with van der Waals surface area (Å²) in [4.78, 5) is 37.0. The zero-order valence-electron chi connectivity index (χ0n) is 25.7. The van der Waals surface area contributed by atoms with Gasteiger partial charge in [-0.15, -0.1) is 0 Å². The number of ether oxygens (including phenoxy) is 1. The number of carbonyl (C=O) groups is 2. The maximum absolute atomic E-state index is 14.2. The molecule has 1 aliphatic heterocycles. The maximum Gasteiger partial charge on any atom is 0.331 e. The van der Waals surface area contributed by atoms with Crippen molar-refractivity contribution in [2.45, 2.75) is 50.2 Å². The Bertz CT molecular complexity index is 1690. The topological polar surface area (TPSA) is 62.2 Å². The van der Waals surface area contributed by atoms with Gasteiger partial charge in [-0.2, -0.15) is 0 Å². The molecule has 1 heterocycles. The van der Waals surface area contributed by atoms with Crippen LogP contribution in [-0.4, -0.2) is 55.3 Å². The summed E-state index contributed by atoms with van der Waals surface area (Å²) in [6.45, 7) is 1.63. The molecule has 0 saturated carbocycles. The highest BCUT2D eigenvalue weighted by Crippen LogP contribution is 2.39. The Morgan fingerprint density at radius 1 is 0.956 bits per heavy atom. The average Bonchev–Trinajstić information content (AvgIpc) is 3.72. The molecule has 0 spiro atoms. The summed E-state index contributed by atoms with van der Waals surface area (Å²) < 4.78 is 6.33. The number of halogens is 1. The van der Waals surface area contributed by atoms with Crippen LogP contribution in [0.2, 0.25) is 0 Å². The molecular weight excluding hydrogens is 626 g/mol. The van der Waals surface area contributed by atoms with Crippen LogP contribution in [-0.2, 0) is 27.3 Å². The van der Waals surface area contributed by atoms with Gasteiger partial charge in [0, 0.05) is 35.1 Å². The molecule has 0 aromatic heterocycles. The summed E-state index contributed by atoms with van der Waals surface area (Å²) in [5, 5.41) is 0. The highest BCUT2D eigenvalue weighted by molar-refractivity contribution is 9.10. The fraction of sp³-hybridized carbons (Fsp3) is 0.289. The van der Waals surface area contributed by atoms with Crippen LogP contribution < -0.4 is 4.90 Å². The third-order valence-corrected chi connectivity index (χ3v) is 9.59. The van der Waals surface area contributed by atoms with E-state index in [4.69, 9.17) is 9.73 Å². The number of benzene rings is 4. The van der Waals surface area contributed by atoms with Crippen molar-refractivity contribution < 1.29 is 14.3 Å². The van der Waals surface area contributed by atoms with E-state index < -0.39 is 6.04 Å². The summed E-state index contributed by atoms with van der Waals surface area (Å²) in [5.41, 5.74) is 6.65. The van der Waals surface area contributed by atoms with Gasteiger partial charge in [0.25, 0.3) is 0 Å². The normalized spacial score (nSPS) is 18.8. The number of fused-ring (bicyclic) bond motifs is 1. The van der Waals surface area contributed by atoms with Gasteiger partial charge in [0.2, 0.25) is 5.91 Å². The molecule has 230 valence electrons. The number of esters is 1. The van der Waals surface area contributed by atoms with Gasteiger partial charge in [0.1, 0.15) is 0 Å². The Labute approximate surface area is 273 Å². The second-order valence-corrected chi connectivity index (χ2v) is 12.7. The summed E-state index contributed by atoms with van der Waals surface area (Å²) in [6, 6.07) is 33.4. The van der Waals surface area contributed by atoms with E-state index in [9.17, 15) is 9.59 Å². The SMILES string of the molecule is COC(=O)C(/N=C(\c1ccccc1)c1ccccc1N(C)C(=O)C1CCCN1Cc1ccccc1)C1CCc2ccc(Br)cc21. The first-order valence-electron chi connectivity index (χ1n) is 15.6. The molecule has 0 radical (unpaired) electrons. The predicted molar refractivity (Wildman–Crippen MR) is 183 cm³/mol. The number of hydrogen-bond donors (Lipinski definition) is 0. The van der Waals surface area contributed by atoms with Crippen molar-refractivity contribution in [3.63, 3.8) is 0 Å². The Morgan fingerprint density at radius 3 is 2.42 bits per heavy atom. The summed E-state index contributed by atoms with van der Waals surface area (Å²) in [7, 11) is 3.28. The first kappa shape index (κ1) is 30.9. The van der Waals surface area contributed by atoms with Crippen LogP contribution >= 0.6 is 15.9 Å². The number of anilines is 1. The molecule has 0 bridgehead atoms. The number of rotatable bonds is 9. The van der Waals surface area contributed by atoms with Crippen LogP contribution in [0.1, 0.15) is 53.0 Å². The standard InChI is InChI=1S/C38H38BrN3O3/c1-41(37(43)34-18-11-23-42(34)25-26-12-5-3-6-13-26)33-17-10-9-16-31(33)35(28-14-7-4-8-15-28)40-36(38(44)45-2)30-22-20-27-19-21-29(39)24-32(27)30/h3-10,12-17,19,21,24,30,34,36H,11,18,20,22-23,25H2,1-2H3/b40-35+. The molecule has 1 saturated heterocycles. The number of hydrogen-bond acceptors (Lipinski definition) is 5. The van der Waals surface area contributed by atoms with E-state index in [0.29, 0.717) is 5.71 Å². The van der Waals surface area contributed by atoms with Gasteiger partial charge in [0.15, 0.2) is 6.04 Å². The largest absolute Gasteiger partial charge is 0.467 e. The van der Waals surface area contributed by atoms with E-state index in [2.05, 4.69) is 45.1 Å². The third kappa shape index (κ3) is 6.65. The summed E-state index contributed by atoms with van der Waals surface area (Å²) in [6.07, 6.45) is 3.48. The summed E-state index contributed by atoms with van der Waals surface area (Å²) in [5.74, 6) is -0.437. The molecule has 1 aliphatic carbocycles. The first-order chi connectivity index (χ1) is 21.9. The molecular formula is C38H38BrN3O3. The lowest BCUT2D eigenvalue weighted by atomic mass is 9.92. The van der Waals surface area contributed by atoms with E-state index in [0.717, 1.165) is 65.6 Å². The minimum absolute atomic E-state index is 0.0578. The van der Waals surface area contributed by atoms with Gasteiger partial charge in [-0.1, -0.05) is 101 Å². The molecule has 0 N–H and O–H groups in total. The van der Waals surface area contributed by atoms with Crippen LogP contribution in [0, 0.1) is 0 Å². The lowest BCUT2D eigenvalue weighted by molar-refractivity contribution is -0.142. The van der Waals surface area contributed by atoms with Crippen LogP contribution in [0.25, 0.3) is 0 Å². The zero-order chi connectivity index (χ0) is 31.3. The number of aryl methyl sites for hydroxylation is 1. The molecule has 3 unspecified atom stereocenters. The van der Waals surface area contributed by atoms with E-state index in [-0.39, 0.29) is 23.8 Å². The molecule has 2 aliphatic rings. The molecule has 1 fully saturated rings. The van der Waals surface area contributed by atoms with Gasteiger partial charge >= 0.3 is 5.97 Å². The van der Waals surface area contributed by atoms with E-state index in [1.165, 1.54) is 18.2 Å². The number of likely N-dealkylation sites (tertiary alicyclic amines) is 1. The van der Waals surface area contributed by atoms with Crippen LogP contribution in [0.5, 0.6) is 0 Å². The Morgan fingerprint density at radius 2 is 1.67 bits per heavy atom. The summed E-state index contributed by atoms with van der Waals surface area (Å²) >= 11 is 3.62. The van der Waals surface area contributed by atoms with Crippen molar-refractivity contribution in [3.8, 4) is 0 Å². The van der Waals surface area contributed by atoms with E-state index in [1.807, 2.05) is 85.9 Å². The monoisotopic (exact) mass is 663 g/mol. The highest BCUT2D eigenvalue weighted by Gasteiger charge is 2.37. The van der Waals surface area contributed by atoms with Gasteiger partial charge in [-0.3, -0.25) is 14.7 Å². The molecule has 7 heteroatoms. The average molecular weight is 665 g/mol. The van der Waals surface area contributed by atoms with Crippen molar-refractivity contribution in [1.29, 1.82) is 0 Å². The lowest BCUT2D eigenvalue weighted by Crippen LogP contribution is -2.44. The smallest absolute Gasteiger partial charge is 0.331 e. The van der Waals surface area contributed by atoms with Crippen molar-refractivity contribution in [2.75, 3.05) is 25.6 Å². The van der Waals surface area contributed by atoms with E-state index in [1.54, 1.807) is 4.90 Å². The number of likely N-dealkylation sites (N-methyl/N-ethyl adjacent to an activating group) is 1. The molecule has 4 aromatic rings. The van der Waals surface area contributed by atoms with Crippen LogP contribution in [0.15, 0.2) is 113 Å². The quantitative estimate of drug-likeness (QED) is 0.141. The number of nitrogens with zero attached hydrogens (tertiary/aromatic N) is 3. The van der Waals surface area contributed by atoms with Gasteiger partial charge in [0.05, 0.1) is 24.6 Å². The van der Waals surface area contributed by atoms with Gasteiger partial charge in [-0.05, 0) is 67.1 Å². The van der Waals surface area contributed by atoms with Crippen molar-refractivity contribution >= 4 is 39.2 Å². The van der Waals surface area contributed by atoms with Crippen molar-refractivity contribution in [1.82, 2.24) is 4.90 Å². The molecule has 4 aromatic carbocycles. The Hall–Kier alpha value is -4.07. The molecule has 1 amide bonds. The Kier molecular flexibility index (Phi) is 9.57. The number of carbonyl (C=O) groups excluding carboxylic acids is 2. The molecule has 3 atom stereocenters. The predicted octanol–water partition coefficient (Wildman–Crippen LogP) is 7.19. The maximum atomic E-state index is 14.2. The third-order valence-electron chi connectivity index (χ3n) is 9.10. The minimum Gasteiger partial charge on any atom is -0.467 e. The fourth-order valence-electron chi connectivity index (χ4n) is 6.82. The molecule has 6 rings (SSSR count). The highest BCUT2D eigenvalue weighted by atomic mass is 79.9. The lowest BCUT2D eigenvalue weighted by Gasteiger charge is -2.29. The van der Waals surface area contributed by atoms with Crippen LogP contribution in [0.4, 0.5) is 5.69 Å². The minimum atomic E-state index is -0.744. The first-order valence-corrected chi connectivity index (χ1v) is 16.4. The number of amides is 1. The second-order valence-electron chi connectivity index (χ2n) is 11.8. The number of methoxy groups -OCH3 is 1. The zero-order valence-corrected chi connectivity index (χ0v) is 27.3. The molecule has 45 heavy (non-hydrogen) atoms. The number of para-hydroxylation sites is 1. The Balaban J connectivity index is 1.39. The van der Waals surface area contributed by atoms with Gasteiger partial charge in [-0.25, -0.2) is 4.79 Å². The van der Waals surface area contributed by atoms with Crippen molar-refractivity contribution in [3.05, 3.63) is 135 Å². The van der Waals surface area contributed by atoms with Crippen LogP contribution in [0.3, 0.4) is 0 Å². The second kappa shape index (κ2) is 13.9. The number of aliphatic imine (C=N–C) groups is 1. The molecule has 6 nitrogen and oxygen atoms in total. The van der Waals surface area contributed by atoms with Gasteiger partial charge < -0.3 is 9.64 Å². The fourth-order valence-corrected chi connectivity index (χ4v) is 7.20. The van der Waals surface area contributed by atoms with Crippen molar-refractivity contribution in [2.24, 2.45) is 4.99 Å².